The van der Waals surface area contributed by atoms with Gasteiger partial charge in [-0.05, 0) is 45.7 Å². The first-order valence-corrected chi connectivity index (χ1v) is 9.03. The minimum atomic E-state index is -3.07. The van der Waals surface area contributed by atoms with E-state index in [0.717, 1.165) is 32.5 Å². The highest BCUT2D eigenvalue weighted by atomic mass is 32.2. The third-order valence-corrected chi connectivity index (χ3v) is 4.43. The van der Waals surface area contributed by atoms with Crippen LogP contribution in [0.4, 0.5) is 0 Å². The van der Waals surface area contributed by atoms with Crippen LogP contribution < -0.4 is 5.32 Å². The van der Waals surface area contributed by atoms with Gasteiger partial charge in [-0.25, -0.2) is 8.42 Å². The Labute approximate surface area is 116 Å². The van der Waals surface area contributed by atoms with Gasteiger partial charge in [-0.1, -0.05) is 0 Å². The van der Waals surface area contributed by atoms with Crippen LogP contribution in [0.3, 0.4) is 0 Å². The number of hydrogen-bond donors (Lipinski definition) is 1. The molecule has 0 spiro atoms. The minimum Gasteiger partial charge on any atom is -0.340 e. The molecule has 1 aliphatic heterocycles. The number of rotatable bonds is 6. The van der Waals surface area contributed by atoms with Crippen molar-refractivity contribution in [3.8, 4) is 0 Å². The summed E-state index contributed by atoms with van der Waals surface area (Å²) in [5.41, 5.74) is 0. The molecular weight excluding hydrogens is 264 g/mol. The predicted octanol–water partition coefficient (Wildman–Crippen LogP) is 0.658. The zero-order valence-corrected chi connectivity index (χ0v) is 13.0. The minimum absolute atomic E-state index is 0.0500. The number of carbonyl (C=O) groups is 1. The molecule has 1 rings (SSSR count). The third-order valence-electron chi connectivity index (χ3n) is 3.48. The van der Waals surface area contributed by atoms with E-state index in [9.17, 15) is 13.2 Å². The van der Waals surface area contributed by atoms with Gasteiger partial charge in [0.25, 0.3) is 0 Å². The van der Waals surface area contributed by atoms with Crippen LogP contribution >= 0.6 is 0 Å². The first-order valence-electron chi connectivity index (χ1n) is 6.97. The molecule has 0 aromatic heterocycles. The monoisotopic (exact) mass is 290 g/mol. The Kier molecular flexibility index (Phi) is 6.26. The molecule has 0 aliphatic carbocycles. The predicted molar refractivity (Wildman–Crippen MR) is 76.8 cm³/mol. The van der Waals surface area contributed by atoms with Crippen LogP contribution in [0.25, 0.3) is 0 Å². The second kappa shape index (κ2) is 7.24. The SMILES string of the molecule is CC(C)N(CC1CCCNC1)C(=O)CCS(C)(=O)=O. The van der Waals surface area contributed by atoms with Crippen molar-refractivity contribution in [2.24, 2.45) is 5.92 Å². The van der Waals surface area contributed by atoms with E-state index in [0.29, 0.717) is 5.92 Å². The largest absolute Gasteiger partial charge is 0.340 e. The topological polar surface area (TPSA) is 66.5 Å². The number of piperidine rings is 1. The number of amides is 1. The molecule has 1 atom stereocenters. The van der Waals surface area contributed by atoms with Gasteiger partial charge in [-0.15, -0.1) is 0 Å². The van der Waals surface area contributed by atoms with Gasteiger partial charge in [0, 0.05) is 25.3 Å². The van der Waals surface area contributed by atoms with E-state index in [1.54, 1.807) is 0 Å². The first-order chi connectivity index (χ1) is 8.79. The lowest BCUT2D eigenvalue weighted by molar-refractivity contribution is -0.133. The summed E-state index contributed by atoms with van der Waals surface area (Å²) in [6, 6.07) is 0.119. The van der Waals surface area contributed by atoms with Crippen LogP contribution in [0, 0.1) is 5.92 Å². The zero-order chi connectivity index (χ0) is 14.5. The molecule has 1 N–H and O–H groups in total. The Hall–Kier alpha value is -0.620. The molecule has 1 unspecified atom stereocenters. The summed E-state index contributed by atoms with van der Waals surface area (Å²) in [6.45, 7) is 6.69. The second-order valence-corrected chi connectivity index (χ2v) is 7.99. The van der Waals surface area contributed by atoms with Crippen molar-refractivity contribution in [3.63, 3.8) is 0 Å². The van der Waals surface area contributed by atoms with E-state index in [1.165, 1.54) is 6.26 Å². The number of hydrogen-bond acceptors (Lipinski definition) is 4. The molecule has 19 heavy (non-hydrogen) atoms. The number of nitrogens with zero attached hydrogens (tertiary/aromatic N) is 1. The lowest BCUT2D eigenvalue weighted by Gasteiger charge is -2.33. The lowest BCUT2D eigenvalue weighted by Crippen LogP contribution is -2.44. The van der Waals surface area contributed by atoms with Crippen LogP contribution in [0.1, 0.15) is 33.1 Å². The van der Waals surface area contributed by atoms with E-state index in [2.05, 4.69) is 5.32 Å². The maximum atomic E-state index is 12.1. The Bertz CT molecular complexity index is 387. The van der Waals surface area contributed by atoms with Gasteiger partial charge >= 0.3 is 0 Å². The molecular formula is C13H26N2O3S. The Morgan fingerprint density at radius 3 is 2.58 bits per heavy atom. The van der Waals surface area contributed by atoms with Gasteiger partial charge in [0.15, 0.2) is 0 Å². The van der Waals surface area contributed by atoms with Crippen molar-refractivity contribution in [3.05, 3.63) is 0 Å². The van der Waals surface area contributed by atoms with Crippen molar-refractivity contribution >= 4 is 15.7 Å². The first kappa shape index (κ1) is 16.4. The van der Waals surface area contributed by atoms with E-state index >= 15 is 0 Å². The average Bonchev–Trinajstić information content (AvgIpc) is 2.33. The van der Waals surface area contributed by atoms with Crippen LogP contribution in [0.15, 0.2) is 0 Å². The molecule has 1 aliphatic rings. The molecule has 6 heteroatoms. The molecule has 1 saturated heterocycles. The van der Waals surface area contributed by atoms with Crippen molar-refractivity contribution in [2.75, 3.05) is 31.6 Å². The summed E-state index contributed by atoms with van der Waals surface area (Å²) in [7, 11) is -3.07. The molecule has 0 bridgehead atoms. The maximum Gasteiger partial charge on any atom is 0.223 e. The van der Waals surface area contributed by atoms with Gasteiger partial charge < -0.3 is 10.2 Å². The van der Waals surface area contributed by atoms with Gasteiger partial charge in [0.1, 0.15) is 9.84 Å². The van der Waals surface area contributed by atoms with Crippen molar-refractivity contribution in [1.82, 2.24) is 10.2 Å². The third kappa shape index (κ3) is 6.38. The molecule has 0 aromatic rings. The summed E-state index contributed by atoms with van der Waals surface area (Å²) < 4.78 is 22.3. The summed E-state index contributed by atoms with van der Waals surface area (Å²) >= 11 is 0. The van der Waals surface area contributed by atoms with Crippen LogP contribution in [-0.4, -0.2) is 56.9 Å². The Morgan fingerprint density at radius 1 is 1.42 bits per heavy atom. The highest BCUT2D eigenvalue weighted by Gasteiger charge is 2.23. The van der Waals surface area contributed by atoms with Crippen LogP contribution in [-0.2, 0) is 14.6 Å². The zero-order valence-electron chi connectivity index (χ0n) is 12.2. The molecule has 1 fully saturated rings. The Morgan fingerprint density at radius 2 is 2.11 bits per heavy atom. The highest BCUT2D eigenvalue weighted by molar-refractivity contribution is 7.90. The van der Waals surface area contributed by atoms with E-state index in [4.69, 9.17) is 0 Å². The number of carbonyl (C=O) groups excluding carboxylic acids is 1. The summed E-state index contributed by atoms with van der Waals surface area (Å²) in [5, 5.41) is 3.34. The number of nitrogens with one attached hydrogen (secondary N) is 1. The van der Waals surface area contributed by atoms with Crippen molar-refractivity contribution in [2.45, 2.75) is 39.2 Å². The fourth-order valence-electron chi connectivity index (χ4n) is 2.37. The molecule has 1 amide bonds. The van der Waals surface area contributed by atoms with E-state index < -0.39 is 9.84 Å². The molecule has 0 aromatic carbocycles. The van der Waals surface area contributed by atoms with Crippen molar-refractivity contribution in [1.29, 1.82) is 0 Å². The standard InChI is InChI=1S/C13H26N2O3S/c1-11(2)15(10-12-5-4-7-14-9-12)13(16)6-8-19(3,17)18/h11-12,14H,4-10H2,1-3H3. The smallest absolute Gasteiger partial charge is 0.223 e. The van der Waals surface area contributed by atoms with E-state index in [1.807, 2.05) is 18.7 Å². The summed E-state index contributed by atoms with van der Waals surface area (Å²) in [5.74, 6) is 0.377. The Balaban J connectivity index is 2.53. The fourth-order valence-corrected chi connectivity index (χ4v) is 2.92. The van der Waals surface area contributed by atoms with Gasteiger partial charge in [-0.3, -0.25) is 4.79 Å². The second-order valence-electron chi connectivity index (χ2n) is 5.73. The van der Waals surface area contributed by atoms with E-state index in [-0.39, 0.29) is 24.1 Å². The fraction of sp³-hybridized carbons (Fsp3) is 0.923. The number of sulfone groups is 1. The summed E-state index contributed by atoms with van der Waals surface area (Å²) in [4.78, 5) is 14.0. The van der Waals surface area contributed by atoms with Gasteiger partial charge in [-0.2, -0.15) is 0 Å². The quantitative estimate of drug-likeness (QED) is 0.780. The summed E-state index contributed by atoms with van der Waals surface area (Å²) in [6.07, 6.45) is 3.55. The maximum absolute atomic E-state index is 12.1. The average molecular weight is 290 g/mol. The molecule has 0 saturated carbocycles. The van der Waals surface area contributed by atoms with Gasteiger partial charge in [0.2, 0.25) is 5.91 Å². The highest BCUT2D eigenvalue weighted by Crippen LogP contribution is 2.14. The van der Waals surface area contributed by atoms with Crippen molar-refractivity contribution < 1.29 is 13.2 Å². The van der Waals surface area contributed by atoms with Crippen LogP contribution in [0.5, 0.6) is 0 Å². The lowest BCUT2D eigenvalue weighted by atomic mass is 9.98. The molecule has 0 radical (unpaired) electrons. The van der Waals surface area contributed by atoms with Gasteiger partial charge in [0.05, 0.1) is 5.75 Å². The van der Waals surface area contributed by atoms with Crippen LogP contribution in [0.2, 0.25) is 0 Å². The molecule has 112 valence electrons. The normalized spacial score (nSPS) is 20.5. The molecule has 5 nitrogen and oxygen atoms in total. The molecule has 1 heterocycles.